The van der Waals surface area contributed by atoms with Gasteiger partial charge in [-0.3, -0.25) is 0 Å². The van der Waals surface area contributed by atoms with E-state index in [0.717, 1.165) is 27.5 Å². The number of benzene rings is 1. The molecule has 0 radical (unpaired) electrons. The van der Waals surface area contributed by atoms with Gasteiger partial charge in [-0.2, -0.15) is 0 Å². The van der Waals surface area contributed by atoms with Crippen molar-refractivity contribution in [1.82, 2.24) is 0 Å². The Morgan fingerprint density at radius 2 is 2.14 bits per heavy atom. The van der Waals surface area contributed by atoms with E-state index < -0.39 is 0 Å². The van der Waals surface area contributed by atoms with Crippen LogP contribution in [0.3, 0.4) is 0 Å². The minimum atomic E-state index is 0.673. The number of aliphatic imine (C=N–C) groups is 1. The smallest absolute Gasteiger partial charge is 0.0996 e. The Morgan fingerprint density at radius 1 is 1.43 bits per heavy atom. The second-order valence-electron chi connectivity index (χ2n) is 2.95. The van der Waals surface area contributed by atoms with Crippen molar-refractivity contribution in [2.45, 2.75) is 19.8 Å². The van der Waals surface area contributed by atoms with Crippen LogP contribution >= 0.6 is 31.9 Å². The molecule has 0 aromatic heterocycles. The predicted octanol–water partition coefficient (Wildman–Crippen LogP) is 4.00. The summed E-state index contributed by atoms with van der Waals surface area (Å²) in [4.78, 5) is 4.33. The fourth-order valence-corrected chi connectivity index (χ4v) is 1.72. The summed E-state index contributed by atoms with van der Waals surface area (Å²) in [5, 5.41) is 0. The van der Waals surface area contributed by atoms with Crippen LogP contribution in [0.2, 0.25) is 0 Å². The standard InChI is InChI=1S/C10H12Br2N2/c1-2-3-10(13)14-9-6-7(11)4-5-8(9)12/h4-6H,2-3H2,1H3,(H2,13,14). The molecule has 2 nitrogen and oxygen atoms in total. The van der Waals surface area contributed by atoms with E-state index in [2.05, 4.69) is 43.8 Å². The van der Waals surface area contributed by atoms with Gasteiger partial charge in [-0.25, -0.2) is 4.99 Å². The van der Waals surface area contributed by atoms with E-state index in [9.17, 15) is 0 Å². The molecule has 0 bridgehead atoms. The summed E-state index contributed by atoms with van der Waals surface area (Å²) in [5.74, 6) is 0.673. The molecular formula is C10H12Br2N2. The third-order valence-electron chi connectivity index (χ3n) is 1.68. The first-order chi connectivity index (χ1) is 6.63. The summed E-state index contributed by atoms with van der Waals surface area (Å²) in [7, 11) is 0. The lowest BCUT2D eigenvalue weighted by Gasteiger charge is -2.01. The highest BCUT2D eigenvalue weighted by molar-refractivity contribution is 9.11. The maximum atomic E-state index is 5.75. The minimum Gasteiger partial charge on any atom is -0.387 e. The third-order valence-corrected chi connectivity index (χ3v) is 2.84. The zero-order valence-electron chi connectivity index (χ0n) is 7.93. The predicted molar refractivity (Wildman–Crippen MR) is 68.0 cm³/mol. The molecule has 76 valence electrons. The Labute approximate surface area is 101 Å². The summed E-state index contributed by atoms with van der Waals surface area (Å²) in [5.41, 5.74) is 6.62. The van der Waals surface area contributed by atoms with Gasteiger partial charge in [0.25, 0.3) is 0 Å². The van der Waals surface area contributed by atoms with E-state index in [1.165, 1.54) is 0 Å². The highest BCUT2D eigenvalue weighted by Crippen LogP contribution is 2.28. The second-order valence-corrected chi connectivity index (χ2v) is 4.72. The average Bonchev–Trinajstić information content (AvgIpc) is 2.12. The van der Waals surface area contributed by atoms with Crippen molar-refractivity contribution < 1.29 is 0 Å². The molecule has 4 heteroatoms. The number of hydrogen-bond acceptors (Lipinski definition) is 1. The van der Waals surface area contributed by atoms with Gasteiger partial charge >= 0.3 is 0 Å². The van der Waals surface area contributed by atoms with E-state index in [4.69, 9.17) is 5.73 Å². The topological polar surface area (TPSA) is 38.4 Å². The Morgan fingerprint density at radius 3 is 2.79 bits per heavy atom. The van der Waals surface area contributed by atoms with Gasteiger partial charge in [-0.15, -0.1) is 0 Å². The fraction of sp³-hybridized carbons (Fsp3) is 0.300. The van der Waals surface area contributed by atoms with Crippen LogP contribution in [0.15, 0.2) is 32.1 Å². The lowest BCUT2D eigenvalue weighted by Crippen LogP contribution is -2.09. The van der Waals surface area contributed by atoms with Crippen LogP contribution < -0.4 is 5.73 Å². The van der Waals surface area contributed by atoms with Crippen molar-refractivity contribution in [3.8, 4) is 0 Å². The molecule has 1 aromatic rings. The molecule has 0 aliphatic heterocycles. The summed E-state index contributed by atoms with van der Waals surface area (Å²) in [6.45, 7) is 2.08. The van der Waals surface area contributed by atoms with Gasteiger partial charge in [0.15, 0.2) is 0 Å². The summed E-state index contributed by atoms with van der Waals surface area (Å²) in [6, 6.07) is 5.84. The average molecular weight is 320 g/mol. The molecule has 0 aliphatic carbocycles. The quantitative estimate of drug-likeness (QED) is 0.663. The number of nitrogens with zero attached hydrogens (tertiary/aromatic N) is 1. The van der Waals surface area contributed by atoms with E-state index in [0.29, 0.717) is 5.84 Å². The third kappa shape index (κ3) is 3.42. The molecule has 1 rings (SSSR count). The lowest BCUT2D eigenvalue weighted by molar-refractivity contribution is 0.983. The maximum absolute atomic E-state index is 5.75. The van der Waals surface area contributed by atoms with E-state index in [1.807, 2.05) is 18.2 Å². The van der Waals surface area contributed by atoms with Crippen LogP contribution in [0.5, 0.6) is 0 Å². The lowest BCUT2D eigenvalue weighted by atomic mass is 10.3. The zero-order valence-corrected chi connectivity index (χ0v) is 11.1. The Hall–Kier alpha value is -0.350. The van der Waals surface area contributed by atoms with Gasteiger partial charge in [-0.05, 0) is 40.5 Å². The first-order valence-electron chi connectivity index (χ1n) is 4.41. The Balaban J connectivity index is 2.95. The fourth-order valence-electron chi connectivity index (χ4n) is 1.04. The minimum absolute atomic E-state index is 0.673. The van der Waals surface area contributed by atoms with Crippen LogP contribution in [-0.2, 0) is 0 Å². The molecule has 0 spiro atoms. The molecule has 0 atom stereocenters. The molecule has 0 aliphatic rings. The molecule has 2 N–H and O–H groups in total. The summed E-state index contributed by atoms with van der Waals surface area (Å²) >= 11 is 6.82. The van der Waals surface area contributed by atoms with Crippen LogP contribution in [0, 0.1) is 0 Å². The molecule has 0 saturated carbocycles. The van der Waals surface area contributed by atoms with Crippen molar-refractivity contribution in [2.24, 2.45) is 10.7 Å². The zero-order chi connectivity index (χ0) is 10.6. The van der Waals surface area contributed by atoms with E-state index >= 15 is 0 Å². The maximum Gasteiger partial charge on any atom is 0.0996 e. The van der Waals surface area contributed by atoms with Crippen LogP contribution in [0.25, 0.3) is 0 Å². The summed E-state index contributed by atoms with van der Waals surface area (Å²) < 4.78 is 1.96. The number of halogens is 2. The first-order valence-corrected chi connectivity index (χ1v) is 6.00. The van der Waals surface area contributed by atoms with E-state index in [1.54, 1.807) is 0 Å². The SMILES string of the molecule is CCCC(N)=Nc1cc(Br)ccc1Br. The van der Waals surface area contributed by atoms with Gasteiger partial charge in [0.1, 0.15) is 0 Å². The Kier molecular flexibility index (Phi) is 4.62. The number of nitrogens with two attached hydrogens (primary N) is 1. The van der Waals surface area contributed by atoms with E-state index in [-0.39, 0.29) is 0 Å². The molecule has 0 heterocycles. The molecular weight excluding hydrogens is 308 g/mol. The number of rotatable bonds is 3. The van der Waals surface area contributed by atoms with Gasteiger partial charge in [0.05, 0.1) is 11.5 Å². The first kappa shape index (κ1) is 11.7. The Bertz CT molecular complexity index is 348. The molecule has 0 unspecified atom stereocenters. The van der Waals surface area contributed by atoms with Crippen molar-refractivity contribution in [1.29, 1.82) is 0 Å². The van der Waals surface area contributed by atoms with Crippen LogP contribution in [-0.4, -0.2) is 5.84 Å². The van der Waals surface area contributed by atoms with Gasteiger partial charge < -0.3 is 5.73 Å². The number of hydrogen-bond donors (Lipinski definition) is 1. The van der Waals surface area contributed by atoms with Crippen molar-refractivity contribution >= 4 is 43.4 Å². The van der Waals surface area contributed by atoms with Crippen LogP contribution in [0.1, 0.15) is 19.8 Å². The highest BCUT2D eigenvalue weighted by atomic mass is 79.9. The van der Waals surface area contributed by atoms with Crippen LogP contribution in [0.4, 0.5) is 5.69 Å². The molecule has 0 amide bonds. The van der Waals surface area contributed by atoms with Gasteiger partial charge in [0.2, 0.25) is 0 Å². The number of amidine groups is 1. The molecule has 1 aromatic carbocycles. The van der Waals surface area contributed by atoms with Crippen molar-refractivity contribution in [2.75, 3.05) is 0 Å². The second kappa shape index (κ2) is 5.51. The highest BCUT2D eigenvalue weighted by Gasteiger charge is 1.99. The largest absolute Gasteiger partial charge is 0.387 e. The monoisotopic (exact) mass is 318 g/mol. The summed E-state index contributed by atoms with van der Waals surface area (Å²) in [6.07, 6.45) is 1.85. The van der Waals surface area contributed by atoms with Gasteiger partial charge in [0, 0.05) is 15.4 Å². The van der Waals surface area contributed by atoms with Crippen molar-refractivity contribution in [3.05, 3.63) is 27.1 Å². The molecule has 0 saturated heterocycles. The van der Waals surface area contributed by atoms with Gasteiger partial charge in [-0.1, -0.05) is 22.9 Å². The van der Waals surface area contributed by atoms with Crippen molar-refractivity contribution in [3.63, 3.8) is 0 Å². The normalized spacial score (nSPS) is 11.8. The molecule has 0 fully saturated rings. The molecule has 14 heavy (non-hydrogen) atoms.